The van der Waals surface area contributed by atoms with Gasteiger partial charge in [-0.1, -0.05) is 12.1 Å². The molecule has 2 heterocycles. The van der Waals surface area contributed by atoms with E-state index in [0.717, 1.165) is 5.56 Å². The van der Waals surface area contributed by atoms with E-state index in [1.54, 1.807) is 30.0 Å². The van der Waals surface area contributed by atoms with Crippen LogP contribution >= 0.6 is 0 Å². The molecule has 3 amide bonds. The Hall–Kier alpha value is -3.13. The molecule has 0 spiro atoms. The SMILES string of the molecule is O=C(NO)[C@H]1CN(Cc2ccc(Oc3ccncc3)cc2)C(=O)N1. The molecule has 124 valence electrons. The maximum absolute atomic E-state index is 11.8. The number of hydrogen-bond donors (Lipinski definition) is 3. The fourth-order valence-electron chi connectivity index (χ4n) is 2.38. The molecule has 8 heteroatoms. The number of nitrogens with zero attached hydrogens (tertiary/aromatic N) is 2. The number of hydroxylamine groups is 1. The first-order chi connectivity index (χ1) is 11.7. The fraction of sp³-hybridized carbons (Fsp3) is 0.188. The number of carbonyl (C=O) groups is 2. The molecule has 0 bridgehead atoms. The summed E-state index contributed by atoms with van der Waals surface area (Å²) in [6, 6.07) is 9.73. The average Bonchev–Trinajstić information content (AvgIpc) is 2.97. The lowest BCUT2D eigenvalue weighted by Crippen LogP contribution is -2.41. The van der Waals surface area contributed by atoms with Crippen molar-refractivity contribution in [2.75, 3.05) is 6.54 Å². The largest absolute Gasteiger partial charge is 0.457 e. The highest BCUT2D eigenvalue weighted by Gasteiger charge is 2.33. The maximum Gasteiger partial charge on any atom is 0.318 e. The summed E-state index contributed by atoms with van der Waals surface area (Å²) in [5.74, 6) is 0.731. The second-order valence-electron chi connectivity index (χ2n) is 5.29. The third kappa shape index (κ3) is 3.61. The van der Waals surface area contributed by atoms with Gasteiger partial charge in [0, 0.05) is 18.9 Å². The molecule has 8 nitrogen and oxygen atoms in total. The zero-order chi connectivity index (χ0) is 16.9. The van der Waals surface area contributed by atoms with Crippen molar-refractivity contribution in [2.45, 2.75) is 12.6 Å². The molecule has 1 aromatic carbocycles. The van der Waals surface area contributed by atoms with Gasteiger partial charge in [-0.2, -0.15) is 0 Å². The minimum Gasteiger partial charge on any atom is -0.457 e. The van der Waals surface area contributed by atoms with Gasteiger partial charge in [0.05, 0.1) is 6.54 Å². The van der Waals surface area contributed by atoms with Crippen molar-refractivity contribution in [3.63, 3.8) is 0 Å². The van der Waals surface area contributed by atoms with E-state index in [1.807, 2.05) is 24.3 Å². The lowest BCUT2D eigenvalue weighted by molar-refractivity contribution is -0.130. The molecule has 0 aliphatic carbocycles. The van der Waals surface area contributed by atoms with Crippen molar-refractivity contribution in [3.05, 3.63) is 54.4 Å². The molecule has 0 saturated carbocycles. The van der Waals surface area contributed by atoms with Crippen LogP contribution in [0.15, 0.2) is 48.8 Å². The quantitative estimate of drug-likeness (QED) is 0.566. The fourth-order valence-corrected chi connectivity index (χ4v) is 2.38. The number of pyridine rings is 1. The summed E-state index contributed by atoms with van der Waals surface area (Å²) in [6.07, 6.45) is 3.29. The number of benzene rings is 1. The zero-order valence-corrected chi connectivity index (χ0v) is 12.7. The lowest BCUT2D eigenvalue weighted by atomic mass is 10.2. The summed E-state index contributed by atoms with van der Waals surface area (Å²) in [6.45, 7) is 0.553. The second kappa shape index (κ2) is 6.97. The second-order valence-corrected chi connectivity index (χ2v) is 5.29. The van der Waals surface area contributed by atoms with Crippen LogP contribution in [0.2, 0.25) is 0 Å². The van der Waals surface area contributed by atoms with Gasteiger partial charge in [0.1, 0.15) is 17.5 Å². The molecule has 1 atom stereocenters. The van der Waals surface area contributed by atoms with Crippen molar-refractivity contribution in [2.24, 2.45) is 0 Å². The highest BCUT2D eigenvalue weighted by molar-refractivity contribution is 5.89. The van der Waals surface area contributed by atoms with Gasteiger partial charge in [-0.15, -0.1) is 0 Å². The van der Waals surface area contributed by atoms with Crippen LogP contribution in [0, 0.1) is 0 Å². The monoisotopic (exact) mass is 328 g/mol. The van der Waals surface area contributed by atoms with Gasteiger partial charge >= 0.3 is 6.03 Å². The van der Waals surface area contributed by atoms with Gasteiger partial charge in [-0.05, 0) is 29.8 Å². The molecule has 1 aliphatic rings. The number of amides is 3. The Bertz CT molecular complexity index is 721. The number of aromatic nitrogens is 1. The normalized spacial score (nSPS) is 16.6. The number of nitrogens with one attached hydrogen (secondary N) is 2. The van der Waals surface area contributed by atoms with Gasteiger partial charge < -0.3 is 15.0 Å². The first kappa shape index (κ1) is 15.8. The van der Waals surface area contributed by atoms with E-state index in [1.165, 1.54) is 4.90 Å². The Balaban J connectivity index is 1.60. The molecule has 1 saturated heterocycles. The van der Waals surface area contributed by atoms with Gasteiger partial charge in [0.15, 0.2) is 0 Å². The van der Waals surface area contributed by atoms with E-state index in [9.17, 15) is 9.59 Å². The van der Waals surface area contributed by atoms with Crippen molar-refractivity contribution in [1.29, 1.82) is 0 Å². The van der Waals surface area contributed by atoms with Gasteiger partial charge in [-0.3, -0.25) is 15.0 Å². The van der Waals surface area contributed by atoms with Crippen molar-refractivity contribution in [3.8, 4) is 11.5 Å². The third-order valence-electron chi connectivity index (χ3n) is 3.60. The Morgan fingerprint density at radius 3 is 2.58 bits per heavy atom. The topological polar surface area (TPSA) is 104 Å². The Morgan fingerprint density at radius 2 is 1.92 bits per heavy atom. The molecule has 3 rings (SSSR count). The zero-order valence-electron chi connectivity index (χ0n) is 12.7. The molecule has 3 N–H and O–H groups in total. The van der Waals surface area contributed by atoms with Crippen LogP contribution < -0.4 is 15.5 Å². The summed E-state index contributed by atoms with van der Waals surface area (Å²) < 4.78 is 5.67. The van der Waals surface area contributed by atoms with E-state index in [0.29, 0.717) is 18.0 Å². The van der Waals surface area contributed by atoms with Crippen molar-refractivity contribution >= 4 is 11.9 Å². The van der Waals surface area contributed by atoms with Gasteiger partial charge in [-0.25, -0.2) is 10.3 Å². The van der Waals surface area contributed by atoms with E-state index < -0.39 is 11.9 Å². The average molecular weight is 328 g/mol. The van der Waals surface area contributed by atoms with Crippen LogP contribution in [0.25, 0.3) is 0 Å². The molecule has 1 aliphatic heterocycles. The Kier molecular flexibility index (Phi) is 4.57. The first-order valence-electron chi connectivity index (χ1n) is 7.32. The number of urea groups is 1. The van der Waals surface area contributed by atoms with Crippen molar-refractivity contribution < 1.29 is 19.5 Å². The van der Waals surface area contributed by atoms with Crippen LogP contribution in [0.4, 0.5) is 4.79 Å². The summed E-state index contributed by atoms with van der Waals surface area (Å²) >= 11 is 0. The van der Waals surface area contributed by atoms with Crippen molar-refractivity contribution in [1.82, 2.24) is 20.7 Å². The molecule has 24 heavy (non-hydrogen) atoms. The molecule has 0 radical (unpaired) electrons. The summed E-state index contributed by atoms with van der Waals surface area (Å²) in [4.78, 5) is 28.6. The van der Waals surface area contributed by atoms with Crippen LogP contribution in [0.1, 0.15) is 5.56 Å². The van der Waals surface area contributed by atoms with Gasteiger partial charge in [0.25, 0.3) is 5.91 Å². The predicted molar refractivity (Wildman–Crippen MR) is 83.4 cm³/mol. The molecular weight excluding hydrogens is 312 g/mol. The van der Waals surface area contributed by atoms with E-state index in [4.69, 9.17) is 9.94 Å². The van der Waals surface area contributed by atoms with Gasteiger partial charge in [0.2, 0.25) is 0 Å². The van der Waals surface area contributed by atoms with Crippen LogP contribution in [0.5, 0.6) is 11.5 Å². The van der Waals surface area contributed by atoms with Crippen LogP contribution in [-0.2, 0) is 11.3 Å². The van der Waals surface area contributed by atoms with Crippen LogP contribution in [0.3, 0.4) is 0 Å². The first-order valence-corrected chi connectivity index (χ1v) is 7.32. The third-order valence-corrected chi connectivity index (χ3v) is 3.60. The summed E-state index contributed by atoms with van der Waals surface area (Å²) in [7, 11) is 0. The smallest absolute Gasteiger partial charge is 0.318 e. The Labute approximate surface area is 138 Å². The summed E-state index contributed by atoms with van der Waals surface area (Å²) in [5, 5.41) is 11.1. The lowest BCUT2D eigenvalue weighted by Gasteiger charge is -2.14. The van der Waals surface area contributed by atoms with E-state index >= 15 is 0 Å². The van der Waals surface area contributed by atoms with E-state index in [-0.39, 0.29) is 12.6 Å². The standard InChI is InChI=1S/C16H16N4O4/c21-15(19-23)14-10-20(16(22)18-14)9-11-1-3-12(4-2-11)24-13-5-7-17-8-6-13/h1-8,14,23H,9-10H2,(H,18,22)(H,19,21)/t14-/m1/s1. The minimum atomic E-state index is -0.753. The number of hydrogen-bond acceptors (Lipinski definition) is 5. The number of carbonyl (C=O) groups excluding carboxylic acids is 2. The molecule has 1 fully saturated rings. The minimum absolute atomic E-state index is 0.195. The number of ether oxygens (including phenoxy) is 1. The van der Waals surface area contributed by atoms with E-state index in [2.05, 4.69) is 10.3 Å². The highest BCUT2D eigenvalue weighted by Crippen LogP contribution is 2.21. The Morgan fingerprint density at radius 1 is 1.25 bits per heavy atom. The maximum atomic E-state index is 11.8. The highest BCUT2D eigenvalue weighted by atomic mass is 16.5. The molecular formula is C16H16N4O4. The summed E-state index contributed by atoms with van der Waals surface area (Å²) in [5.41, 5.74) is 2.44. The van der Waals surface area contributed by atoms with Crippen LogP contribution in [-0.4, -0.2) is 39.6 Å². The number of rotatable bonds is 5. The molecule has 1 aromatic heterocycles. The predicted octanol–water partition coefficient (Wildman–Crippen LogP) is 1.27. The molecule has 0 unspecified atom stereocenters. The molecule has 2 aromatic rings.